The van der Waals surface area contributed by atoms with Crippen LogP contribution < -0.4 is 0 Å². The molecular weight excluding hydrogens is 228 g/mol. The van der Waals surface area contributed by atoms with Crippen LogP contribution in [0.1, 0.15) is 44.9 Å². The standard InChI is InChI=1S/C14H22N2O2/c17-13-10-15(8-9-16(13)12-6-7-12)14(18)11-4-2-1-3-5-11/h11-12H,1-10H2. The van der Waals surface area contributed by atoms with E-state index < -0.39 is 0 Å². The van der Waals surface area contributed by atoms with Crippen molar-refractivity contribution in [2.75, 3.05) is 19.6 Å². The van der Waals surface area contributed by atoms with Crippen LogP contribution in [0.15, 0.2) is 0 Å². The lowest BCUT2D eigenvalue weighted by atomic mass is 9.88. The van der Waals surface area contributed by atoms with Gasteiger partial charge in [0.1, 0.15) is 0 Å². The van der Waals surface area contributed by atoms with E-state index in [9.17, 15) is 9.59 Å². The Bertz CT molecular complexity index is 346. The molecule has 0 atom stereocenters. The summed E-state index contributed by atoms with van der Waals surface area (Å²) in [6, 6.07) is 0.490. The zero-order valence-electron chi connectivity index (χ0n) is 10.9. The quantitative estimate of drug-likeness (QED) is 0.743. The van der Waals surface area contributed by atoms with Gasteiger partial charge < -0.3 is 9.80 Å². The van der Waals surface area contributed by atoms with E-state index in [-0.39, 0.29) is 17.7 Å². The molecule has 0 aromatic rings. The molecule has 2 amide bonds. The topological polar surface area (TPSA) is 40.6 Å². The van der Waals surface area contributed by atoms with Crippen molar-refractivity contribution in [2.45, 2.75) is 51.0 Å². The van der Waals surface area contributed by atoms with Gasteiger partial charge in [0.25, 0.3) is 0 Å². The van der Waals surface area contributed by atoms with Gasteiger partial charge in [-0.3, -0.25) is 9.59 Å². The maximum Gasteiger partial charge on any atom is 0.242 e. The predicted octanol–water partition coefficient (Wildman–Crippen LogP) is 1.40. The van der Waals surface area contributed by atoms with Crippen LogP contribution in [-0.4, -0.2) is 47.3 Å². The molecule has 2 saturated carbocycles. The van der Waals surface area contributed by atoms with E-state index in [1.165, 1.54) is 19.3 Å². The molecule has 1 saturated heterocycles. The Kier molecular flexibility index (Phi) is 3.27. The summed E-state index contributed by atoms with van der Waals surface area (Å²) in [5.74, 6) is 0.588. The summed E-state index contributed by atoms with van der Waals surface area (Å²) < 4.78 is 0. The summed E-state index contributed by atoms with van der Waals surface area (Å²) in [5.41, 5.74) is 0. The van der Waals surface area contributed by atoms with Gasteiger partial charge in [-0.05, 0) is 25.7 Å². The van der Waals surface area contributed by atoms with Crippen molar-refractivity contribution in [1.82, 2.24) is 9.80 Å². The largest absolute Gasteiger partial charge is 0.336 e. The fourth-order valence-corrected chi connectivity index (χ4v) is 3.25. The highest BCUT2D eigenvalue weighted by Crippen LogP contribution is 2.29. The second kappa shape index (κ2) is 4.90. The van der Waals surface area contributed by atoms with Gasteiger partial charge in [0, 0.05) is 25.0 Å². The molecule has 18 heavy (non-hydrogen) atoms. The second-order valence-electron chi connectivity index (χ2n) is 5.91. The van der Waals surface area contributed by atoms with Crippen molar-refractivity contribution in [2.24, 2.45) is 5.92 Å². The zero-order valence-corrected chi connectivity index (χ0v) is 10.9. The van der Waals surface area contributed by atoms with Crippen LogP contribution >= 0.6 is 0 Å². The number of piperazine rings is 1. The van der Waals surface area contributed by atoms with E-state index in [2.05, 4.69) is 0 Å². The van der Waals surface area contributed by atoms with Crippen LogP contribution in [0.2, 0.25) is 0 Å². The van der Waals surface area contributed by atoms with E-state index in [1.54, 1.807) is 4.90 Å². The monoisotopic (exact) mass is 250 g/mol. The van der Waals surface area contributed by atoms with E-state index >= 15 is 0 Å². The number of hydrogen-bond donors (Lipinski definition) is 0. The Labute approximate surface area is 108 Å². The fourth-order valence-electron chi connectivity index (χ4n) is 3.25. The molecule has 0 spiro atoms. The highest BCUT2D eigenvalue weighted by atomic mass is 16.2. The maximum absolute atomic E-state index is 12.3. The number of hydrogen-bond acceptors (Lipinski definition) is 2. The number of carbonyl (C=O) groups excluding carboxylic acids is 2. The summed E-state index contributed by atoms with van der Waals surface area (Å²) in [4.78, 5) is 28.1. The summed E-state index contributed by atoms with van der Waals surface area (Å²) in [6.45, 7) is 1.82. The third kappa shape index (κ3) is 2.38. The van der Waals surface area contributed by atoms with Gasteiger partial charge in [-0.2, -0.15) is 0 Å². The Balaban J connectivity index is 1.56. The third-order valence-electron chi connectivity index (χ3n) is 4.51. The molecule has 1 heterocycles. The summed E-state index contributed by atoms with van der Waals surface area (Å²) >= 11 is 0. The Morgan fingerprint density at radius 2 is 1.72 bits per heavy atom. The molecule has 1 aliphatic heterocycles. The molecule has 0 unspecified atom stereocenters. The van der Waals surface area contributed by atoms with Gasteiger partial charge >= 0.3 is 0 Å². The number of carbonyl (C=O) groups is 2. The van der Waals surface area contributed by atoms with Crippen LogP contribution in [0, 0.1) is 5.92 Å². The van der Waals surface area contributed by atoms with Gasteiger partial charge in [0.15, 0.2) is 0 Å². The van der Waals surface area contributed by atoms with Gasteiger partial charge in [-0.25, -0.2) is 0 Å². The van der Waals surface area contributed by atoms with Gasteiger partial charge in [-0.15, -0.1) is 0 Å². The van der Waals surface area contributed by atoms with E-state index in [0.717, 1.165) is 38.8 Å². The lowest BCUT2D eigenvalue weighted by molar-refractivity contribution is -0.148. The van der Waals surface area contributed by atoms with Gasteiger partial charge in [0.2, 0.25) is 11.8 Å². The minimum absolute atomic E-state index is 0.160. The average Bonchev–Trinajstić information content (AvgIpc) is 3.23. The predicted molar refractivity (Wildman–Crippen MR) is 67.9 cm³/mol. The van der Waals surface area contributed by atoms with Crippen molar-refractivity contribution >= 4 is 11.8 Å². The molecule has 0 aromatic heterocycles. The number of nitrogens with zero attached hydrogens (tertiary/aromatic N) is 2. The number of rotatable bonds is 2. The van der Waals surface area contributed by atoms with E-state index in [4.69, 9.17) is 0 Å². The smallest absolute Gasteiger partial charge is 0.242 e. The fraction of sp³-hybridized carbons (Fsp3) is 0.857. The van der Waals surface area contributed by atoms with Gasteiger partial charge in [0.05, 0.1) is 6.54 Å². The normalized spacial score (nSPS) is 26.6. The molecule has 4 heteroatoms. The first kappa shape index (κ1) is 12.0. The Hall–Kier alpha value is -1.06. The van der Waals surface area contributed by atoms with Crippen molar-refractivity contribution in [3.8, 4) is 0 Å². The van der Waals surface area contributed by atoms with Crippen molar-refractivity contribution in [3.05, 3.63) is 0 Å². The minimum atomic E-state index is 0.160. The van der Waals surface area contributed by atoms with Crippen LogP contribution in [0.4, 0.5) is 0 Å². The van der Waals surface area contributed by atoms with E-state index in [0.29, 0.717) is 12.6 Å². The second-order valence-corrected chi connectivity index (χ2v) is 5.91. The lowest BCUT2D eigenvalue weighted by Gasteiger charge is -2.36. The van der Waals surface area contributed by atoms with Gasteiger partial charge in [-0.1, -0.05) is 19.3 Å². The minimum Gasteiger partial charge on any atom is -0.336 e. The lowest BCUT2D eigenvalue weighted by Crippen LogP contribution is -2.54. The van der Waals surface area contributed by atoms with E-state index in [1.807, 2.05) is 4.90 Å². The molecule has 0 aromatic carbocycles. The van der Waals surface area contributed by atoms with Crippen LogP contribution in [0.3, 0.4) is 0 Å². The first-order chi connectivity index (χ1) is 8.75. The van der Waals surface area contributed by atoms with Crippen molar-refractivity contribution in [1.29, 1.82) is 0 Å². The first-order valence-electron chi connectivity index (χ1n) is 7.34. The molecule has 2 aliphatic carbocycles. The van der Waals surface area contributed by atoms with Crippen LogP contribution in [0.25, 0.3) is 0 Å². The molecule has 100 valence electrons. The molecular formula is C14H22N2O2. The zero-order chi connectivity index (χ0) is 12.5. The average molecular weight is 250 g/mol. The highest BCUT2D eigenvalue weighted by Gasteiger charge is 2.38. The Morgan fingerprint density at radius 3 is 2.33 bits per heavy atom. The Morgan fingerprint density at radius 1 is 1.00 bits per heavy atom. The molecule has 0 radical (unpaired) electrons. The molecule has 3 rings (SSSR count). The van der Waals surface area contributed by atoms with Crippen molar-refractivity contribution in [3.63, 3.8) is 0 Å². The molecule has 3 aliphatic rings. The molecule has 3 fully saturated rings. The van der Waals surface area contributed by atoms with Crippen LogP contribution in [0.5, 0.6) is 0 Å². The summed E-state index contributed by atoms with van der Waals surface area (Å²) in [5, 5.41) is 0. The highest BCUT2D eigenvalue weighted by molar-refractivity contribution is 5.87. The number of amides is 2. The molecule has 4 nitrogen and oxygen atoms in total. The third-order valence-corrected chi connectivity index (χ3v) is 4.51. The van der Waals surface area contributed by atoms with Crippen LogP contribution in [-0.2, 0) is 9.59 Å². The summed E-state index contributed by atoms with van der Waals surface area (Å²) in [7, 11) is 0. The first-order valence-corrected chi connectivity index (χ1v) is 7.34. The molecule has 0 N–H and O–H groups in total. The van der Waals surface area contributed by atoms with Crippen molar-refractivity contribution < 1.29 is 9.59 Å². The maximum atomic E-state index is 12.3. The summed E-state index contributed by atoms with van der Waals surface area (Å²) in [6.07, 6.45) is 7.97. The SMILES string of the molecule is O=C(C1CCCCC1)N1CCN(C2CC2)C(=O)C1. The molecule has 0 bridgehead atoms.